The fourth-order valence-electron chi connectivity index (χ4n) is 2.70. The Morgan fingerprint density at radius 2 is 1.76 bits per heavy atom. The highest BCUT2D eigenvalue weighted by atomic mass is 16.1. The lowest BCUT2D eigenvalue weighted by molar-refractivity contribution is -0.120. The lowest BCUT2D eigenvalue weighted by Crippen LogP contribution is -2.46. The topological polar surface area (TPSA) is 101 Å². The first-order valence-corrected chi connectivity index (χ1v) is 7.18. The fraction of sp³-hybridized carbons (Fsp3) is 0.467. The third kappa shape index (κ3) is 4.54. The highest BCUT2D eigenvalue weighted by Gasteiger charge is 2.22. The Kier molecular flexibility index (Phi) is 5.30. The van der Waals surface area contributed by atoms with Gasteiger partial charge in [0.25, 0.3) is 0 Å². The van der Waals surface area contributed by atoms with Crippen LogP contribution in [0.3, 0.4) is 0 Å². The zero-order valence-corrected chi connectivity index (χ0v) is 12.0. The van der Waals surface area contributed by atoms with Crippen LogP contribution in [0.1, 0.15) is 28.8 Å². The number of nitrogens with two attached hydrogens (primary N) is 2. The molecule has 6 nitrogen and oxygen atoms in total. The number of benzene rings is 1. The Labute approximate surface area is 124 Å². The van der Waals surface area contributed by atoms with E-state index < -0.39 is 5.91 Å². The number of rotatable bonds is 6. The van der Waals surface area contributed by atoms with Crippen molar-refractivity contribution in [1.82, 2.24) is 10.2 Å². The van der Waals surface area contributed by atoms with E-state index in [1.807, 2.05) is 12.1 Å². The van der Waals surface area contributed by atoms with E-state index >= 15 is 0 Å². The minimum Gasteiger partial charge on any atom is -0.369 e. The summed E-state index contributed by atoms with van der Waals surface area (Å²) in [7, 11) is 0. The van der Waals surface area contributed by atoms with Crippen LogP contribution >= 0.6 is 0 Å². The molecular weight excluding hydrogens is 268 g/mol. The van der Waals surface area contributed by atoms with Gasteiger partial charge >= 0.3 is 0 Å². The van der Waals surface area contributed by atoms with Gasteiger partial charge in [0, 0.05) is 18.2 Å². The van der Waals surface area contributed by atoms with E-state index in [-0.39, 0.29) is 12.5 Å². The molecule has 5 N–H and O–H groups in total. The molecule has 114 valence electrons. The maximum atomic E-state index is 11.3. The molecule has 1 aromatic rings. The second-order valence-electron chi connectivity index (χ2n) is 5.41. The molecule has 0 aromatic heterocycles. The van der Waals surface area contributed by atoms with Gasteiger partial charge < -0.3 is 16.8 Å². The minimum atomic E-state index is -0.436. The molecule has 1 aliphatic rings. The third-order valence-electron chi connectivity index (χ3n) is 3.81. The first-order chi connectivity index (χ1) is 10.1. The van der Waals surface area contributed by atoms with Crippen molar-refractivity contribution in [2.24, 2.45) is 11.5 Å². The molecule has 21 heavy (non-hydrogen) atoms. The molecule has 1 saturated heterocycles. The quantitative estimate of drug-likeness (QED) is 0.676. The van der Waals surface area contributed by atoms with Gasteiger partial charge in [0.05, 0.1) is 6.54 Å². The van der Waals surface area contributed by atoms with E-state index in [0.29, 0.717) is 18.2 Å². The van der Waals surface area contributed by atoms with Crippen LogP contribution in [0.4, 0.5) is 0 Å². The highest BCUT2D eigenvalue weighted by molar-refractivity contribution is 5.92. The summed E-state index contributed by atoms with van der Waals surface area (Å²) in [5.74, 6) is -0.754. The van der Waals surface area contributed by atoms with E-state index in [4.69, 9.17) is 11.5 Å². The van der Waals surface area contributed by atoms with Gasteiger partial charge in [0.15, 0.2) is 0 Å². The van der Waals surface area contributed by atoms with Gasteiger partial charge in [0.1, 0.15) is 0 Å². The number of piperidine rings is 1. The maximum Gasteiger partial charge on any atom is 0.248 e. The lowest BCUT2D eigenvalue weighted by Gasteiger charge is -2.33. The first-order valence-electron chi connectivity index (χ1n) is 7.18. The average molecular weight is 290 g/mol. The molecule has 1 aliphatic heterocycles. The average Bonchev–Trinajstić information content (AvgIpc) is 2.47. The molecule has 6 heteroatoms. The summed E-state index contributed by atoms with van der Waals surface area (Å²) < 4.78 is 0. The van der Waals surface area contributed by atoms with Crippen molar-refractivity contribution in [3.8, 4) is 0 Å². The van der Waals surface area contributed by atoms with Crippen LogP contribution in [0, 0.1) is 0 Å². The molecule has 0 unspecified atom stereocenters. The first kappa shape index (κ1) is 15.5. The SMILES string of the molecule is NC(=O)CN(Cc1ccc(C(N)=O)cc1)C1CCNCC1. The molecule has 0 atom stereocenters. The molecule has 0 bridgehead atoms. The Bertz CT molecular complexity index is 495. The number of nitrogens with zero attached hydrogens (tertiary/aromatic N) is 1. The summed E-state index contributed by atoms with van der Waals surface area (Å²) in [5, 5.41) is 3.31. The van der Waals surface area contributed by atoms with E-state index in [1.165, 1.54) is 0 Å². The van der Waals surface area contributed by atoms with E-state index in [9.17, 15) is 9.59 Å². The van der Waals surface area contributed by atoms with Crippen molar-refractivity contribution in [3.05, 3.63) is 35.4 Å². The van der Waals surface area contributed by atoms with Crippen molar-refractivity contribution in [1.29, 1.82) is 0 Å². The number of carbonyl (C=O) groups is 2. The van der Waals surface area contributed by atoms with Crippen LogP contribution in [0.15, 0.2) is 24.3 Å². The van der Waals surface area contributed by atoms with Crippen molar-refractivity contribution in [2.75, 3.05) is 19.6 Å². The van der Waals surface area contributed by atoms with Crippen LogP contribution in [-0.4, -0.2) is 42.4 Å². The predicted octanol–water partition coefficient (Wildman–Crippen LogP) is -0.175. The monoisotopic (exact) mass is 290 g/mol. The van der Waals surface area contributed by atoms with E-state index in [1.54, 1.807) is 12.1 Å². The van der Waals surface area contributed by atoms with Crippen LogP contribution in [0.25, 0.3) is 0 Å². The number of amides is 2. The molecule has 1 fully saturated rings. The van der Waals surface area contributed by atoms with E-state index in [0.717, 1.165) is 31.5 Å². The normalized spacial score (nSPS) is 16.0. The second kappa shape index (κ2) is 7.19. The van der Waals surface area contributed by atoms with Gasteiger partial charge in [-0.25, -0.2) is 0 Å². The van der Waals surface area contributed by atoms with Gasteiger partial charge in [-0.3, -0.25) is 14.5 Å². The smallest absolute Gasteiger partial charge is 0.248 e. The number of hydrogen-bond acceptors (Lipinski definition) is 4. The standard InChI is InChI=1S/C15H22N4O2/c16-14(20)10-19(13-5-7-18-8-6-13)9-11-1-3-12(4-2-11)15(17)21/h1-4,13,18H,5-10H2,(H2,16,20)(H2,17,21). The molecule has 2 rings (SSSR count). The van der Waals surface area contributed by atoms with Gasteiger partial charge in [-0.1, -0.05) is 12.1 Å². The van der Waals surface area contributed by atoms with Crippen molar-refractivity contribution in [2.45, 2.75) is 25.4 Å². The summed E-state index contributed by atoms with van der Waals surface area (Å²) in [4.78, 5) is 24.5. The second-order valence-corrected chi connectivity index (χ2v) is 5.41. The molecule has 1 heterocycles. The molecular formula is C15H22N4O2. The summed E-state index contributed by atoms with van der Waals surface area (Å²) in [6, 6.07) is 7.52. The van der Waals surface area contributed by atoms with Gasteiger partial charge in [-0.2, -0.15) is 0 Å². The zero-order valence-electron chi connectivity index (χ0n) is 12.0. The van der Waals surface area contributed by atoms with Gasteiger partial charge in [-0.15, -0.1) is 0 Å². The summed E-state index contributed by atoms with van der Waals surface area (Å²) in [6.07, 6.45) is 2.01. The fourth-order valence-corrected chi connectivity index (χ4v) is 2.70. The Hall–Kier alpha value is -1.92. The zero-order chi connectivity index (χ0) is 15.2. The van der Waals surface area contributed by atoms with Crippen LogP contribution in [0.5, 0.6) is 0 Å². The Morgan fingerprint density at radius 1 is 1.14 bits per heavy atom. The number of carbonyl (C=O) groups excluding carboxylic acids is 2. The summed E-state index contributed by atoms with van der Waals surface area (Å²) in [6.45, 7) is 2.82. The van der Waals surface area contributed by atoms with Gasteiger partial charge in [0.2, 0.25) is 11.8 Å². The molecule has 1 aromatic carbocycles. The molecule has 2 amide bonds. The highest BCUT2D eigenvalue weighted by Crippen LogP contribution is 2.16. The largest absolute Gasteiger partial charge is 0.369 e. The number of hydrogen-bond donors (Lipinski definition) is 3. The molecule has 0 spiro atoms. The summed E-state index contributed by atoms with van der Waals surface area (Å²) in [5.41, 5.74) is 12.1. The van der Waals surface area contributed by atoms with Crippen LogP contribution in [0.2, 0.25) is 0 Å². The Morgan fingerprint density at radius 3 is 2.29 bits per heavy atom. The van der Waals surface area contributed by atoms with Crippen molar-refractivity contribution in [3.63, 3.8) is 0 Å². The third-order valence-corrected chi connectivity index (χ3v) is 3.81. The molecule has 0 aliphatic carbocycles. The predicted molar refractivity (Wildman–Crippen MR) is 80.5 cm³/mol. The number of primary amides is 2. The Balaban J connectivity index is 2.06. The molecule has 0 radical (unpaired) electrons. The van der Waals surface area contributed by atoms with Crippen molar-refractivity contribution >= 4 is 11.8 Å². The van der Waals surface area contributed by atoms with Crippen LogP contribution < -0.4 is 16.8 Å². The van der Waals surface area contributed by atoms with Crippen molar-refractivity contribution < 1.29 is 9.59 Å². The summed E-state index contributed by atoms with van der Waals surface area (Å²) >= 11 is 0. The van der Waals surface area contributed by atoms with Gasteiger partial charge in [-0.05, 0) is 43.6 Å². The lowest BCUT2D eigenvalue weighted by atomic mass is 10.0. The van der Waals surface area contributed by atoms with E-state index in [2.05, 4.69) is 10.2 Å². The van der Waals surface area contributed by atoms with Crippen LogP contribution in [-0.2, 0) is 11.3 Å². The minimum absolute atomic E-state index is 0.252. The number of nitrogens with one attached hydrogen (secondary N) is 1. The molecule has 0 saturated carbocycles. The maximum absolute atomic E-state index is 11.3.